The van der Waals surface area contributed by atoms with Crippen LogP contribution in [-0.4, -0.2) is 26.5 Å². The molecule has 0 saturated heterocycles. The van der Waals surface area contributed by atoms with E-state index in [1.807, 2.05) is 36.4 Å². The maximum atomic E-state index is 4.73. The van der Waals surface area contributed by atoms with E-state index in [9.17, 15) is 0 Å². The first-order chi connectivity index (χ1) is 14.4. The Hall–Kier alpha value is -3.08. The molecule has 2 aromatic carbocycles. The van der Waals surface area contributed by atoms with Crippen LogP contribution in [0.3, 0.4) is 0 Å². The standard InChI is InChI=1S/C21H20IN7O/c1-21(2,3)14-6-4-13(5-7-14)12-23-27-18-17(24-16-10-8-15(22)9-11-16)25-19-20(26-18)29-30-28-19/h4-12H,1-3H3,(H,24,25,28)(H,26,27,29)/b23-12-. The van der Waals surface area contributed by atoms with E-state index in [1.165, 1.54) is 5.56 Å². The maximum Gasteiger partial charge on any atom is 0.245 e. The van der Waals surface area contributed by atoms with Gasteiger partial charge in [0, 0.05) is 9.26 Å². The summed E-state index contributed by atoms with van der Waals surface area (Å²) >= 11 is 2.26. The fourth-order valence-corrected chi connectivity index (χ4v) is 3.07. The number of nitrogens with one attached hydrogen (secondary N) is 2. The largest absolute Gasteiger partial charge is 0.337 e. The van der Waals surface area contributed by atoms with Gasteiger partial charge in [-0.3, -0.25) is 5.43 Å². The van der Waals surface area contributed by atoms with Gasteiger partial charge < -0.3 is 5.32 Å². The van der Waals surface area contributed by atoms with Crippen LogP contribution in [0, 0.1) is 3.57 Å². The second kappa shape index (κ2) is 8.34. The topological polar surface area (TPSA) is 101 Å². The van der Waals surface area contributed by atoms with Crippen molar-refractivity contribution in [3.8, 4) is 0 Å². The van der Waals surface area contributed by atoms with E-state index in [-0.39, 0.29) is 5.41 Å². The van der Waals surface area contributed by atoms with Crippen molar-refractivity contribution >= 4 is 57.4 Å². The highest BCUT2D eigenvalue weighted by molar-refractivity contribution is 14.1. The van der Waals surface area contributed by atoms with E-state index in [2.05, 4.69) is 91.6 Å². The average Bonchev–Trinajstić information content (AvgIpc) is 3.17. The van der Waals surface area contributed by atoms with Crippen molar-refractivity contribution in [1.29, 1.82) is 0 Å². The van der Waals surface area contributed by atoms with E-state index in [0.717, 1.165) is 14.8 Å². The highest BCUT2D eigenvalue weighted by Gasteiger charge is 2.14. The molecule has 0 fully saturated rings. The van der Waals surface area contributed by atoms with Crippen molar-refractivity contribution in [3.05, 3.63) is 63.2 Å². The van der Waals surface area contributed by atoms with Crippen LogP contribution in [0.25, 0.3) is 11.3 Å². The highest BCUT2D eigenvalue weighted by atomic mass is 127. The normalized spacial score (nSPS) is 11.9. The van der Waals surface area contributed by atoms with E-state index in [4.69, 9.17) is 4.63 Å². The molecule has 4 rings (SSSR count). The van der Waals surface area contributed by atoms with Gasteiger partial charge in [0.25, 0.3) is 0 Å². The monoisotopic (exact) mass is 513 g/mol. The van der Waals surface area contributed by atoms with Crippen LogP contribution in [0.4, 0.5) is 17.3 Å². The number of nitrogens with zero attached hydrogens (tertiary/aromatic N) is 5. The molecule has 0 aliphatic rings. The van der Waals surface area contributed by atoms with Crippen LogP contribution in [0.2, 0.25) is 0 Å². The van der Waals surface area contributed by atoms with Gasteiger partial charge in [-0.25, -0.2) is 9.61 Å². The van der Waals surface area contributed by atoms with Gasteiger partial charge in [-0.1, -0.05) is 45.0 Å². The third kappa shape index (κ3) is 4.73. The molecule has 0 radical (unpaired) electrons. The molecular weight excluding hydrogens is 493 g/mol. The number of fused-ring (bicyclic) bond motifs is 1. The maximum absolute atomic E-state index is 4.73. The van der Waals surface area contributed by atoms with Gasteiger partial charge in [0.2, 0.25) is 11.3 Å². The lowest BCUT2D eigenvalue weighted by Gasteiger charge is -2.18. The van der Waals surface area contributed by atoms with Crippen molar-refractivity contribution in [2.45, 2.75) is 26.2 Å². The first-order valence-electron chi connectivity index (χ1n) is 9.31. The third-order valence-corrected chi connectivity index (χ3v) is 5.10. The minimum atomic E-state index is 0.112. The Morgan fingerprint density at radius 2 is 1.53 bits per heavy atom. The second-order valence-electron chi connectivity index (χ2n) is 7.71. The van der Waals surface area contributed by atoms with Crippen molar-refractivity contribution in [2.24, 2.45) is 5.10 Å². The molecule has 0 aliphatic heterocycles. The quantitative estimate of drug-likeness (QED) is 0.218. The summed E-state index contributed by atoms with van der Waals surface area (Å²) in [4.78, 5) is 8.85. The Balaban J connectivity index is 1.56. The van der Waals surface area contributed by atoms with Gasteiger partial charge in [-0.15, -0.1) is 0 Å². The average molecular weight is 513 g/mol. The molecule has 30 heavy (non-hydrogen) atoms. The summed E-state index contributed by atoms with van der Waals surface area (Å²) in [7, 11) is 0. The molecule has 0 unspecified atom stereocenters. The number of rotatable bonds is 5. The summed E-state index contributed by atoms with van der Waals surface area (Å²) in [5.74, 6) is 0.888. The molecule has 9 heteroatoms. The Kier molecular flexibility index (Phi) is 5.62. The minimum absolute atomic E-state index is 0.112. The van der Waals surface area contributed by atoms with E-state index >= 15 is 0 Å². The number of benzene rings is 2. The summed E-state index contributed by atoms with van der Waals surface area (Å²) in [6.07, 6.45) is 1.73. The first-order valence-corrected chi connectivity index (χ1v) is 10.4. The van der Waals surface area contributed by atoms with Crippen LogP contribution in [0.15, 0.2) is 58.3 Å². The van der Waals surface area contributed by atoms with Crippen LogP contribution in [-0.2, 0) is 5.41 Å². The molecule has 0 saturated carbocycles. The highest BCUT2D eigenvalue weighted by Crippen LogP contribution is 2.25. The Labute approximate surface area is 187 Å². The van der Waals surface area contributed by atoms with Crippen LogP contribution in [0.5, 0.6) is 0 Å². The van der Waals surface area contributed by atoms with Gasteiger partial charge in [0.05, 0.1) is 6.21 Å². The fraction of sp³-hybridized carbons (Fsp3) is 0.190. The molecule has 8 nitrogen and oxygen atoms in total. The molecule has 0 atom stereocenters. The Morgan fingerprint density at radius 3 is 2.17 bits per heavy atom. The van der Waals surface area contributed by atoms with Crippen molar-refractivity contribution < 1.29 is 4.63 Å². The minimum Gasteiger partial charge on any atom is -0.337 e. The van der Waals surface area contributed by atoms with Gasteiger partial charge in [-0.05, 0) is 73.7 Å². The smallest absolute Gasteiger partial charge is 0.245 e. The molecule has 2 heterocycles. The number of aromatic nitrogens is 4. The molecule has 0 spiro atoms. The lowest BCUT2D eigenvalue weighted by atomic mass is 9.87. The van der Waals surface area contributed by atoms with Gasteiger partial charge >= 0.3 is 0 Å². The Bertz CT molecular complexity index is 1180. The zero-order valence-corrected chi connectivity index (χ0v) is 18.9. The first kappa shape index (κ1) is 20.2. The van der Waals surface area contributed by atoms with E-state index in [1.54, 1.807) is 6.21 Å². The third-order valence-electron chi connectivity index (χ3n) is 4.38. The molecule has 2 N–H and O–H groups in total. The van der Waals surface area contributed by atoms with E-state index < -0.39 is 0 Å². The summed E-state index contributed by atoms with van der Waals surface area (Å²) < 4.78 is 5.87. The van der Waals surface area contributed by atoms with Crippen LogP contribution in [0.1, 0.15) is 31.9 Å². The molecule has 4 aromatic rings. The van der Waals surface area contributed by atoms with Gasteiger partial charge in [-0.2, -0.15) is 10.1 Å². The van der Waals surface area contributed by atoms with Gasteiger partial charge in [0.15, 0.2) is 11.6 Å². The predicted molar refractivity (Wildman–Crippen MR) is 126 cm³/mol. The van der Waals surface area contributed by atoms with Crippen molar-refractivity contribution in [1.82, 2.24) is 20.3 Å². The number of hydrogen-bond donors (Lipinski definition) is 2. The molecule has 0 amide bonds. The van der Waals surface area contributed by atoms with Crippen LogP contribution >= 0.6 is 22.6 Å². The summed E-state index contributed by atoms with van der Waals surface area (Å²) in [5.41, 5.74) is 6.78. The number of anilines is 3. The zero-order valence-electron chi connectivity index (χ0n) is 16.7. The Morgan fingerprint density at radius 1 is 0.900 bits per heavy atom. The summed E-state index contributed by atoms with van der Waals surface area (Å²) in [6, 6.07) is 16.2. The lowest BCUT2D eigenvalue weighted by molar-refractivity contribution is 0.314. The summed E-state index contributed by atoms with van der Waals surface area (Å²) in [5, 5.41) is 15.1. The molecular formula is C21H20IN7O. The number of halogens is 1. The van der Waals surface area contributed by atoms with Crippen molar-refractivity contribution in [3.63, 3.8) is 0 Å². The second-order valence-corrected chi connectivity index (χ2v) is 8.95. The zero-order chi connectivity index (χ0) is 21.1. The fourth-order valence-electron chi connectivity index (χ4n) is 2.71. The number of hydrazone groups is 1. The lowest BCUT2D eigenvalue weighted by Crippen LogP contribution is -2.10. The number of hydrogen-bond acceptors (Lipinski definition) is 8. The molecule has 0 aliphatic carbocycles. The SMILES string of the molecule is CC(C)(C)c1ccc(/C=N\Nc2nc3nonc3nc2Nc2ccc(I)cc2)cc1. The predicted octanol–water partition coefficient (Wildman–Crippen LogP) is 5.10. The van der Waals surface area contributed by atoms with Crippen LogP contribution < -0.4 is 10.7 Å². The molecule has 152 valence electrons. The van der Waals surface area contributed by atoms with E-state index in [0.29, 0.717) is 22.9 Å². The summed E-state index contributed by atoms with van der Waals surface area (Å²) in [6.45, 7) is 6.56. The molecule has 0 bridgehead atoms. The van der Waals surface area contributed by atoms with Gasteiger partial charge in [0.1, 0.15) is 0 Å². The molecule has 2 aromatic heterocycles. The van der Waals surface area contributed by atoms with Crippen molar-refractivity contribution in [2.75, 3.05) is 10.7 Å².